The predicted molar refractivity (Wildman–Crippen MR) is 111 cm³/mol. The molecule has 2 fully saturated rings. The normalized spacial score (nSPS) is 17.9. The van der Waals surface area contributed by atoms with Gasteiger partial charge in [-0.05, 0) is 54.9 Å². The van der Waals surface area contributed by atoms with Crippen molar-refractivity contribution in [3.05, 3.63) is 65.7 Å². The Balaban J connectivity index is 1.41. The zero-order chi connectivity index (χ0) is 19.3. The minimum Gasteiger partial charge on any atom is -0.353 e. The van der Waals surface area contributed by atoms with Crippen molar-refractivity contribution in [1.82, 2.24) is 5.32 Å². The Morgan fingerprint density at radius 2 is 1.57 bits per heavy atom. The number of hydrogen-bond donors (Lipinski definition) is 2. The van der Waals surface area contributed by atoms with Crippen molar-refractivity contribution in [3.8, 4) is 0 Å². The summed E-state index contributed by atoms with van der Waals surface area (Å²) in [6, 6.07) is 18.2. The van der Waals surface area contributed by atoms with Crippen LogP contribution in [0.25, 0.3) is 0 Å². The predicted octanol–water partition coefficient (Wildman–Crippen LogP) is 4.42. The fraction of sp³-hybridized carbons (Fsp3) is 0.417. The summed E-state index contributed by atoms with van der Waals surface area (Å²) in [6.07, 6.45) is 7.22. The van der Waals surface area contributed by atoms with Crippen LogP contribution in [0, 0.1) is 5.92 Å². The minimum absolute atomic E-state index is 0.0670. The summed E-state index contributed by atoms with van der Waals surface area (Å²) in [5.41, 5.74) is 2.85. The topological polar surface area (TPSA) is 58.2 Å². The summed E-state index contributed by atoms with van der Waals surface area (Å²) in [5, 5.41) is 6.11. The second kappa shape index (κ2) is 8.59. The lowest BCUT2D eigenvalue weighted by atomic mass is 9.84. The summed E-state index contributed by atoms with van der Waals surface area (Å²) >= 11 is 0. The molecule has 0 bridgehead atoms. The number of anilines is 1. The molecule has 4 heteroatoms. The molecule has 0 spiro atoms. The first-order chi connectivity index (χ1) is 13.7. The van der Waals surface area contributed by atoms with Crippen LogP contribution in [0.3, 0.4) is 0 Å². The average molecular weight is 377 g/mol. The Hall–Kier alpha value is -2.62. The van der Waals surface area contributed by atoms with Gasteiger partial charge in [0, 0.05) is 11.7 Å². The molecule has 2 saturated carbocycles. The van der Waals surface area contributed by atoms with E-state index in [-0.39, 0.29) is 17.7 Å². The number of hydrogen-bond acceptors (Lipinski definition) is 2. The fourth-order valence-corrected chi connectivity index (χ4v) is 4.21. The second-order valence-electron chi connectivity index (χ2n) is 8.14. The van der Waals surface area contributed by atoms with E-state index in [1.807, 2.05) is 42.5 Å². The van der Waals surface area contributed by atoms with Crippen LogP contribution in [0.5, 0.6) is 0 Å². The monoisotopic (exact) mass is 376 g/mol. The Morgan fingerprint density at radius 3 is 2.21 bits per heavy atom. The first kappa shape index (κ1) is 18.7. The van der Waals surface area contributed by atoms with Crippen molar-refractivity contribution < 1.29 is 9.59 Å². The summed E-state index contributed by atoms with van der Waals surface area (Å²) < 4.78 is 0. The molecule has 146 valence electrons. The third-order valence-electron chi connectivity index (χ3n) is 5.84. The van der Waals surface area contributed by atoms with Gasteiger partial charge in [-0.3, -0.25) is 9.59 Å². The van der Waals surface area contributed by atoms with E-state index in [0.29, 0.717) is 18.4 Å². The molecule has 1 unspecified atom stereocenters. The molecule has 0 aromatic heterocycles. The van der Waals surface area contributed by atoms with E-state index in [2.05, 4.69) is 22.8 Å². The molecule has 0 aliphatic heterocycles. The number of carbonyl (C=O) groups is 2. The van der Waals surface area contributed by atoms with Gasteiger partial charge in [0.25, 0.3) is 0 Å². The molecule has 2 N–H and O–H groups in total. The van der Waals surface area contributed by atoms with Crippen molar-refractivity contribution >= 4 is 17.5 Å². The first-order valence-electron chi connectivity index (χ1n) is 10.4. The smallest absolute Gasteiger partial charge is 0.232 e. The van der Waals surface area contributed by atoms with Gasteiger partial charge in [0.1, 0.15) is 0 Å². The van der Waals surface area contributed by atoms with E-state index in [1.54, 1.807) is 0 Å². The second-order valence-corrected chi connectivity index (χ2v) is 8.14. The number of carbonyl (C=O) groups excluding carboxylic acids is 2. The maximum Gasteiger partial charge on any atom is 0.232 e. The molecule has 28 heavy (non-hydrogen) atoms. The van der Waals surface area contributed by atoms with E-state index in [1.165, 1.54) is 12.8 Å². The van der Waals surface area contributed by atoms with Crippen LogP contribution in [0.1, 0.15) is 55.6 Å². The zero-order valence-corrected chi connectivity index (χ0v) is 16.2. The SMILES string of the molecule is O=C(Cc1ccc(NC(=O)C(c2ccccc2)C2CCCC2)cc1)NC1CC1. The van der Waals surface area contributed by atoms with E-state index >= 15 is 0 Å². The molecule has 1 atom stereocenters. The van der Waals surface area contributed by atoms with Gasteiger partial charge in [-0.1, -0.05) is 55.3 Å². The minimum atomic E-state index is -0.104. The maximum atomic E-state index is 13.1. The summed E-state index contributed by atoms with van der Waals surface area (Å²) in [5.74, 6) is 0.447. The third-order valence-corrected chi connectivity index (χ3v) is 5.84. The van der Waals surface area contributed by atoms with Crippen LogP contribution in [-0.4, -0.2) is 17.9 Å². The van der Waals surface area contributed by atoms with Gasteiger partial charge in [-0.2, -0.15) is 0 Å². The van der Waals surface area contributed by atoms with Gasteiger partial charge in [0.2, 0.25) is 11.8 Å². The Labute approximate surface area is 166 Å². The molecule has 2 aromatic carbocycles. The third kappa shape index (κ3) is 4.80. The lowest BCUT2D eigenvalue weighted by Gasteiger charge is -2.23. The van der Waals surface area contributed by atoms with Crippen LogP contribution >= 0.6 is 0 Å². The number of benzene rings is 2. The number of amides is 2. The largest absolute Gasteiger partial charge is 0.353 e. The lowest BCUT2D eigenvalue weighted by Crippen LogP contribution is -2.27. The van der Waals surface area contributed by atoms with E-state index in [9.17, 15) is 9.59 Å². The molecular formula is C24H28N2O2. The maximum absolute atomic E-state index is 13.1. The quantitative estimate of drug-likeness (QED) is 0.751. The molecule has 0 heterocycles. The summed E-state index contributed by atoms with van der Waals surface area (Å²) in [6.45, 7) is 0. The molecular weight excluding hydrogens is 348 g/mol. The summed E-state index contributed by atoms with van der Waals surface area (Å²) in [7, 11) is 0. The molecule has 0 saturated heterocycles. The molecule has 2 aromatic rings. The lowest BCUT2D eigenvalue weighted by molar-refractivity contribution is -0.120. The van der Waals surface area contributed by atoms with E-state index in [0.717, 1.165) is 42.5 Å². The highest BCUT2D eigenvalue weighted by molar-refractivity contribution is 5.96. The Bertz CT molecular complexity index is 806. The Morgan fingerprint density at radius 1 is 0.893 bits per heavy atom. The van der Waals surface area contributed by atoms with Crippen LogP contribution in [0.2, 0.25) is 0 Å². The van der Waals surface area contributed by atoms with Gasteiger partial charge >= 0.3 is 0 Å². The van der Waals surface area contributed by atoms with Crippen LogP contribution < -0.4 is 10.6 Å². The Kier molecular flexibility index (Phi) is 5.75. The van der Waals surface area contributed by atoms with Crippen LogP contribution in [0.4, 0.5) is 5.69 Å². The highest BCUT2D eigenvalue weighted by Gasteiger charge is 2.32. The molecule has 2 aliphatic rings. The molecule has 4 nitrogen and oxygen atoms in total. The fourth-order valence-electron chi connectivity index (χ4n) is 4.21. The van der Waals surface area contributed by atoms with Gasteiger partial charge < -0.3 is 10.6 Å². The van der Waals surface area contributed by atoms with Crippen molar-refractivity contribution in [2.24, 2.45) is 5.92 Å². The molecule has 2 amide bonds. The van der Waals surface area contributed by atoms with Crippen LogP contribution in [0.15, 0.2) is 54.6 Å². The van der Waals surface area contributed by atoms with Gasteiger partial charge in [-0.25, -0.2) is 0 Å². The number of nitrogens with one attached hydrogen (secondary N) is 2. The average Bonchev–Trinajstić information content (AvgIpc) is 3.35. The highest BCUT2D eigenvalue weighted by Crippen LogP contribution is 2.38. The van der Waals surface area contributed by atoms with Crippen molar-refractivity contribution in [3.63, 3.8) is 0 Å². The van der Waals surface area contributed by atoms with Gasteiger partial charge in [0.15, 0.2) is 0 Å². The van der Waals surface area contributed by atoms with E-state index < -0.39 is 0 Å². The molecule has 2 aliphatic carbocycles. The van der Waals surface area contributed by atoms with E-state index in [4.69, 9.17) is 0 Å². The van der Waals surface area contributed by atoms with Crippen LogP contribution in [-0.2, 0) is 16.0 Å². The standard InChI is InChI=1S/C24H28N2O2/c27-22(25-20-14-15-20)16-17-10-12-21(13-11-17)26-24(28)23(19-8-4-5-9-19)18-6-2-1-3-7-18/h1-3,6-7,10-13,19-20,23H,4-5,8-9,14-16H2,(H,25,27)(H,26,28). The molecule has 4 rings (SSSR count). The van der Waals surface area contributed by atoms with Crippen molar-refractivity contribution in [2.45, 2.75) is 56.9 Å². The zero-order valence-electron chi connectivity index (χ0n) is 16.2. The number of rotatable bonds is 7. The van der Waals surface area contributed by atoms with Crippen molar-refractivity contribution in [1.29, 1.82) is 0 Å². The van der Waals surface area contributed by atoms with Gasteiger partial charge in [0.05, 0.1) is 12.3 Å². The highest BCUT2D eigenvalue weighted by atomic mass is 16.2. The van der Waals surface area contributed by atoms with Crippen molar-refractivity contribution in [2.75, 3.05) is 5.32 Å². The molecule has 0 radical (unpaired) electrons. The first-order valence-corrected chi connectivity index (χ1v) is 10.4. The van der Waals surface area contributed by atoms with Gasteiger partial charge in [-0.15, -0.1) is 0 Å². The summed E-state index contributed by atoms with van der Waals surface area (Å²) in [4.78, 5) is 25.1.